The van der Waals surface area contributed by atoms with E-state index in [4.69, 9.17) is 27.9 Å². The number of hydrogen-bond acceptors (Lipinski definition) is 3. The van der Waals surface area contributed by atoms with Crippen molar-refractivity contribution in [2.45, 2.75) is 32.9 Å². The smallest absolute Gasteiger partial charge is 0.260 e. The molecule has 1 amide bonds. The van der Waals surface area contributed by atoms with Gasteiger partial charge in [-0.05, 0) is 32.5 Å². The van der Waals surface area contributed by atoms with Crippen LogP contribution >= 0.6 is 35.6 Å². The first-order chi connectivity index (χ1) is 9.43. The first-order valence-electron chi connectivity index (χ1n) is 6.56. The lowest BCUT2D eigenvalue weighted by atomic mass is 10.3. The Hall–Kier alpha value is -0.680. The monoisotopic (exact) mass is 354 g/mol. The average molecular weight is 356 g/mol. The quantitative estimate of drug-likeness (QED) is 0.789. The van der Waals surface area contributed by atoms with Crippen LogP contribution in [0, 0.1) is 0 Å². The van der Waals surface area contributed by atoms with Crippen LogP contribution in [-0.4, -0.2) is 31.1 Å². The highest BCUT2D eigenvalue weighted by atomic mass is 35.5. The predicted octanol–water partition coefficient (Wildman–Crippen LogP) is 3.30. The third-order valence-electron chi connectivity index (χ3n) is 2.71. The highest BCUT2D eigenvalue weighted by Crippen LogP contribution is 2.26. The third-order valence-corrected chi connectivity index (χ3v) is 3.45. The molecule has 4 nitrogen and oxygen atoms in total. The van der Waals surface area contributed by atoms with E-state index in [9.17, 15) is 4.79 Å². The van der Waals surface area contributed by atoms with Crippen molar-refractivity contribution in [2.24, 2.45) is 0 Å². The van der Waals surface area contributed by atoms with E-state index in [1.165, 1.54) is 0 Å². The minimum Gasteiger partial charge on any atom is -0.481 e. The number of hydrogen-bond donors (Lipinski definition) is 2. The number of carbonyl (C=O) groups excluding carboxylic acids is 1. The van der Waals surface area contributed by atoms with Crippen molar-refractivity contribution < 1.29 is 9.53 Å². The molecule has 2 atom stereocenters. The van der Waals surface area contributed by atoms with E-state index in [1.807, 2.05) is 13.8 Å². The lowest BCUT2D eigenvalue weighted by molar-refractivity contribution is -0.127. The molecule has 1 rings (SSSR count). The summed E-state index contributed by atoms with van der Waals surface area (Å²) in [7, 11) is 0. The van der Waals surface area contributed by atoms with Gasteiger partial charge in [0.15, 0.2) is 6.10 Å². The van der Waals surface area contributed by atoms with E-state index in [0.717, 1.165) is 6.54 Å². The molecular formula is C14H21Cl3N2O2. The summed E-state index contributed by atoms with van der Waals surface area (Å²) in [5.74, 6) is 0.350. The Kier molecular flexibility index (Phi) is 9.79. The van der Waals surface area contributed by atoms with Gasteiger partial charge in [0.1, 0.15) is 5.75 Å². The summed E-state index contributed by atoms with van der Waals surface area (Å²) in [5.41, 5.74) is 0. The van der Waals surface area contributed by atoms with E-state index >= 15 is 0 Å². The zero-order valence-corrected chi connectivity index (χ0v) is 14.6. The molecule has 0 bridgehead atoms. The average Bonchev–Trinajstić information content (AvgIpc) is 2.40. The highest BCUT2D eigenvalue weighted by molar-refractivity contribution is 6.42. The maximum atomic E-state index is 11.9. The van der Waals surface area contributed by atoms with Gasteiger partial charge in [-0.15, -0.1) is 12.4 Å². The molecule has 1 aromatic rings. The van der Waals surface area contributed by atoms with E-state index in [2.05, 4.69) is 10.6 Å². The zero-order valence-electron chi connectivity index (χ0n) is 12.3. The van der Waals surface area contributed by atoms with Crippen LogP contribution in [0.5, 0.6) is 5.75 Å². The molecule has 120 valence electrons. The number of ether oxygens (including phenoxy) is 1. The van der Waals surface area contributed by atoms with Gasteiger partial charge in [-0.1, -0.05) is 30.1 Å². The number of likely N-dealkylation sites (N-methyl/N-ethyl adjacent to an activating group) is 1. The second kappa shape index (κ2) is 10.1. The summed E-state index contributed by atoms with van der Waals surface area (Å²) in [6.07, 6.45) is -0.596. The van der Waals surface area contributed by atoms with Gasteiger partial charge < -0.3 is 15.4 Å². The topological polar surface area (TPSA) is 50.4 Å². The minimum absolute atomic E-state index is 0. The normalized spacial score (nSPS) is 13.0. The van der Waals surface area contributed by atoms with Crippen molar-refractivity contribution in [3.63, 3.8) is 0 Å². The summed E-state index contributed by atoms with van der Waals surface area (Å²) < 4.78 is 5.53. The van der Waals surface area contributed by atoms with Crippen LogP contribution in [0.25, 0.3) is 0 Å². The Labute approximate surface area is 141 Å². The number of amides is 1. The minimum atomic E-state index is -0.596. The van der Waals surface area contributed by atoms with Crippen molar-refractivity contribution in [3.8, 4) is 5.75 Å². The number of halogens is 3. The molecule has 21 heavy (non-hydrogen) atoms. The molecule has 0 spiro atoms. The van der Waals surface area contributed by atoms with Gasteiger partial charge in [0.2, 0.25) is 0 Å². The molecule has 0 aliphatic heterocycles. The van der Waals surface area contributed by atoms with Crippen LogP contribution < -0.4 is 15.4 Å². The van der Waals surface area contributed by atoms with Crippen molar-refractivity contribution >= 4 is 41.5 Å². The van der Waals surface area contributed by atoms with Crippen LogP contribution in [0.15, 0.2) is 18.2 Å². The fourth-order valence-corrected chi connectivity index (χ4v) is 1.91. The van der Waals surface area contributed by atoms with Gasteiger partial charge in [-0.25, -0.2) is 0 Å². The van der Waals surface area contributed by atoms with Crippen molar-refractivity contribution in [1.29, 1.82) is 0 Å². The first kappa shape index (κ1) is 20.3. The second-order valence-corrected chi connectivity index (χ2v) is 5.35. The Bertz CT molecular complexity index is 458. The van der Waals surface area contributed by atoms with Crippen molar-refractivity contribution in [3.05, 3.63) is 28.2 Å². The number of benzene rings is 1. The Morgan fingerprint density at radius 3 is 2.52 bits per heavy atom. The van der Waals surface area contributed by atoms with E-state index in [1.54, 1.807) is 25.1 Å². The zero-order chi connectivity index (χ0) is 15.1. The highest BCUT2D eigenvalue weighted by Gasteiger charge is 2.15. The molecule has 0 heterocycles. The lowest BCUT2D eigenvalue weighted by Gasteiger charge is -2.17. The van der Waals surface area contributed by atoms with Gasteiger partial charge >= 0.3 is 0 Å². The summed E-state index contributed by atoms with van der Waals surface area (Å²) in [5, 5.41) is 6.90. The van der Waals surface area contributed by atoms with Gasteiger partial charge in [0.05, 0.1) is 10.0 Å². The van der Waals surface area contributed by atoms with E-state index in [0.29, 0.717) is 22.3 Å². The molecule has 0 aromatic heterocycles. The maximum absolute atomic E-state index is 11.9. The van der Waals surface area contributed by atoms with Crippen LogP contribution in [0.3, 0.4) is 0 Å². The number of nitrogens with one attached hydrogen (secondary N) is 2. The first-order valence-corrected chi connectivity index (χ1v) is 7.32. The largest absolute Gasteiger partial charge is 0.481 e. The maximum Gasteiger partial charge on any atom is 0.260 e. The fourth-order valence-electron chi connectivity index (χ4n) is 1.63. The molecule has 0 aliphatic carbocycles. The molecule has 7 heteroatoms. The second-order valence-electron chi connectivity index (χ2n) is 4.54. The van der Waals surface area contributed by atoms with Crippen molar-refractivity contribution in [2.75, 3.05) is 13.1 Å². The third kappa shape index (κ3) is 7.23. The van der Waals surface area contributed by atoms with Crippen LogP contribution in [-0.2, 0) is 4.79 Å². The standard InChI is InChI=1S/C14H20Cl2N2O2.ClH/c1-4-17-9(2)8-18-14(19)10(3)20-11-5-6-12(15)13(16)7-11;/h5-7,9-10,17H,4,8H2,1-3H3,(H,18,19);1H/t9-,10?;/m1./s1. The fraction of sp³-hybridized carbons (Fsp3) is 0.500. The number of carbonyl (C=O) groups is 1. The molecule has 2 N–H and O–H groups in total. The molecule has 0 aliphatic rings. The molecule has 0 saturated carbocycles. The van der Waals surface area contributed by atoms with E-state index in [-0.39, 0.29) is 24.4 Å². The van der Waals surface area contributed by atoms with Gasteiger partial charge in [0, 0.05) is 18.7 Å². The Morgan fingerprint density at radius 1 is 1.29 bits per heavy atom. The van der Waals surface area contributed by atoms with Crippen LogP contribution in [0.4, 0.5) is 0 Å². The van der Waals surface area contributed by atoms with Gasteiger partial charge in [-0.2, -0.15) is 0 Å². The molecule has 0 saturated heterocycles. The van der Waals surface area contributed by atoms with Gasteiger partial charge in [0.25, 0.3) is 5.91 Å². The molecular weight excluding hydrogens is 335 g/mol. The molecule has 0 radical (unpaired) electrons. The van der Waals surface area contributed by atoms with Gasteiger partial charge in [-0.3, -0.25) is 4.79 Å². The molecule has 1 unspecified atom stereocenters. The molecule has 0 fully saturated rings. The SMILES string of the molecule is CCN[C@H](C)CNC(=O)C(C)Oc1ccc(Cl)c(Cl)c1.Cl. The summed E-state index contributed by atoms with van der Waals surface area (Å²) in [6, 6.07) is 5.13. The Balaban J connectivity index is 0.00000400. The van der Waals surface area contributed by atoms with Crippen molar-refractivity contribution in [1.82, 2.24) is 10.6 Å². The summed E-state index contributed by atoms with van der Waals surface area (Å²) in [6.45, 7) is 7.15. The molecule has 1 aromatic carbocycles. The lowest BCUT2D eigenvalue weighted by Crippen LogP contribution is -2.43. The Morgan fingerprint density at radius 2 is 1.95 bits per heavy atom. The summed E-state index contributed by atoms with van der Waals surface area (Å²) in [4.78, 5) is 11.9. The van der Waals surface area contributed by atoms with Crippen LogP contribution in [0.2, 0.25) is 10.0 Å². The van der Waals surface area contributed by atoms with Crippen LogP contribution in [0.1, 0.15) is 20.8 Å². The van der Waals surface area contributed by atoms with E-state index < -0.39 is 6.10 Å². The number of rotatable bonds is 7. The predicted molar refractivity (Wildman–Crippen MR) is 89.9 cm³/mol. The summed E-state index contributed by atoms with van der Waals surface area (Å²) >= 11 is 11.7.